The largest absolute Gasteiger partial charge is 0.358 e. The smallest absolute Gasteiger partial charge is 0.270 e. The molecule has 0 aliphatic carbocycles. The molecule has 1 N–H and O–H groups in total. The van der Waals surface area contributed by atoms with E-state index >= 15 is 0 Å². The number of nitro groups is 1. The minimum atomic E-state index is -0.389. The van der Waals surface area contributed by atoms with Crippen molar-refractivity contribution < 1.29 is 4.92 Å². The van der Waals surface area contributed by atoms with Gasteiger partial charge in [0, 0.05) is 45.2 Å². The van der Waals surface area contributed by atoms with E-state index in [1.807, 2.05) is 54.9 Å². The minimum absolute atomic E-state index is 0.0319. The van der Waals surface area contributed by atoms with Gasteiger partial charge in [-0.3, -0.25) is 10.1 Å². The van der Waals surface area contributed by atoms with E-state index in [-0.39, 0.29) is 10.6 Å². The number of nitro benzene ring substituents is 1. The number of hydrogen-bond donors (Lipinski definition) is 1. The maximum absolute atomic E-state index is 11.4. The van der Waals surface area contributed by atoms with Crippen LogP contribution in [0, 0.1) is 17.0 Å². The van der Waals surface area contributed by atoms with Crippen molar-refractivity contribution in [3.63, 3.8) is 0 Å². The molecule has 2 aromatic heterocycles. The van der Waals surface area contributed by atoms with Crippen molar-refractivity contribution in [2.24, 2.45) is 10.1 Å². The molecular formula is C28H25N5O2S. The highest BCUT2D eigenvalue weighted by Gasteiger charge is 2.13. The van der Waals surface area contributed by atoms with Gasteiger partial charge in [-0.1, -0.05) is 56.3 Å². The Bertz CT molecular complexity index is 1660. The van der Waals surface area contributed by atoms with E-state index in [0.717, 1.165) is 33.5 Å². The molecule has 0 radical (unpaired) electrons. The van der Waals surface area contributed by atoms with E-state index in [1.165, 1.54) is 23.0 Å². The van der Waals surface area contributed by atoms with Crippen molar-refractivity contribution in [2.45, 2.75) is 26.7 Å². The van der Waals surface area contributed by atoms with Crippen molar-refractivity contribution in [2.75, 3.05) is 0 Å². The third-order valence-corrected chi connectivity index (χ3v) is 6.88. The summed E-state index contributed by atoms with van der Waals surface area (Å²) in [4.78, 5) is 19.9. The summed E-state index contributed by atoms with van der Waals surface area (Å²) in [5.41, 5.74) is 6.57. The van der Waals surface area contributed by atoms with Crippen LogP contribution in [-0.2, 0) is 0 Å². The van der Waals surface area contributed by atoms with Gasteiger partial charge in [-0.2, -0.15) is 5.10 Å². The summed E-state index contributed by atoms with van der Waals surface area (Å²) in [7, 11) is 0. The molecule has 3 aromatic carbocycles. The molecule has 0 aliphatic rings. The van der Waals surface area contributed by atoms with Gasteiger partial charge in [0.15, 0.2) is 0 Å². The predicted octanol–water partition coefficient (Wildman–Crippen LogP) is 7.15. The van der Waals surface area contributed by atoms with E-state index in [2.05, 4.69) is 37.0 Å². The number of benzene rings is 3. The standard InChI is InChI=1S/C28H25N5O2S/c1-18(2)20-11-13-22(14-12-20)31-28-32(27(17-36-28)21-7-6-8-23(15-21)33(34)35)29-16-25-19(3)30-26-10-5-4-9-24(25)26/h4-18,30H,1-3H3. The second-order valence-electron chi connectivity index (χ2n) is 8.83. The lowest BCUT2D eigenvalue weighted by atomic mass is 10.0. The summed E-state index contributed by atoms with van der Waals surface area (Å²) < 4.78 is 1.75. The van der Waals surface area contributed by atoms with E-state index in [0.29, 0.717) is 16.3 Å². The molecule has 0 saturated heterocycles. The van der Waals surface area contributed by atoms with Gasteiger partial charge in [-0.25, -0.2) is 9.67 Å². The van der Waals surface area contributed by atoms with Gasteiger partial charge in [-0.15, -0.1) is 11.3 Å². The van der Waals surface area contributed by atoms with Crippen LogP contribution in [0.25, 0.3) is 22.2 Å². The molecule has 8 heteroatoms. The number of fused-ring (bicyclic) bond motifs is 1. The normalized spacial score (nSPS) is 12.3. The zero-order valence-corrected chi connectivity index (χ0v) is 21.0. The number of nitrogens with zero attached hydrogens (tertiary/aromatic N) is 4. The summed E-state index contributed by atoms with van der Waals surface area (Å²) in [6.45, 7) is 6.33. The van der Waals surface area contributed by atoms with Crippen molar-refractivity contribution in [1.82, 2.24) is 9.66 Å². The molecule has 0 fully saturated rings. The Kier molecular flexibility index (Phi) is 6.35. The maximum Gasteiger partial charge on any atom is 0.270 e. The van der Waals surface area contributed by atoms with E-state index in [9.17, 15) is 10.1 Å². The number of H-pyrrole nitrogens is 1. The average molecular weight is 496 g/mol. The fourth-order valence-corrected chi connectivity index (χ4v) is 4.95. The topological polar surface area (TPSA) is 88.6 Å². The van der Waals surface area contributed by atoms with Crippen LogP contribution in [0.5, 0.6) is 0 Å². The molecule has 7 nitrogen and oxygen atoms in total. The van der Waals surface area contributed by atoms with Crippen LogP contribution < -0.4 is 4.80 Å². The summed E-state index contributed by atoms with van der Waals surface area (Å²) in [5.74, 6) is 0.440. The zero-order valence-electron chi connectivity index (χ0n) is 20.2. The number of aryl methyl sites for hydroxylation is 1. The molecule has 0 amide bonds. The first-order chi connectivity index (χ1) is 17.4. The fraction of sp³-hybridized carbons (Fsp3) is 0.143. The summed E-state index contributed by atoms with van der Waals surface area (Å²) >= 11 is 1.44. The quantitative estimate of drug-likeness (QED) is 0.154. The third kappa shape index (κ3) is 4.63. The SMILES string of the molecule is Cc1[nH]c2ccccc2c1C=Nn1c(-c2cccc([N+](=O)[O-])c2)csc1=Nc1ccc(C(C)C)cc1. The highest BCUT2D eigenvalue weighted by molar-refractivity contribution is 7.07. The molecule has 0 saturated carbocycles. The highest BCUT2D eigenvalue weighted by atomic mass is 32.1. The first kappa shape index (κ1) is 23.4. The van der Waals surface area contributed by atoms with Crippen LogP contribution in [0.3, 0.4) is 0 Å². The van der Waals surface area contributed by atoms with Crippen LogP contribution in [-0.4, -0.2) is 20.8 Å². The van der Waals surface area contributed by atoms with Gasteiger partial charge in [0.25, 0.3) is 5.69 Å². The highest BCUT2D eigenvalue weighted by Crippen LogP contribution is 2.26. The van der Waals surface area contributed by atoms with Gasteiger partial charge in [-0.05, 0) is 36.6 Å². The number of aromatic nitrogens is 2. The predicted molar refractivity (Wildman–Crippen MR) is 146 cm³/mol. The number of non-ortho nitro benzene ring substituents is 1. The third-order valence-electron chi connectivity index (χ3n) is 6.07. The summed E-state index contributed by atoms with van der Waals surface area (Å²) in [6.07, 6.45) is 1.82. The summed E-state index contributed by atoms with van der Waals surface area (Å²) in [5, 5.41) is 19.2. The number of nitrogens with one attached hydrogen (secondary N) is 1. The first-order valence-electron chi connectivity index (χ1n) is 11.6. The Balaban J connectivity index is 1.66. The van der Waals surface area contributed by atoms with Crippen LogP contribution in [0.2, 0.25) is 0 Å². The van der Waals surface area contributed by atoms with Crippen LogP contribution >= 0.6 is 11.3 Å². The van der Waals surface area contributed by atoms with Gasteiger partial charge < -0.3 is 4.98 Å². The summed E-state index contributed by atoms with van der Waals surface area (Å²) in [6, 6.07) is 22.8. The van der Waals surface area contributed by atoms with E-state index in [1.54, 1.807) is 16.8 Å². The van der Waals surface area contributed by atoms with Gasteiger partial charge >= 0.3 is 0 Å². The number of rotatable bonds is 6. The van der Waals surface area contributed by atoms with Crippen molar-refractivity contribution in [3.8, 4) is 11.3 Å². The molecule has 0 unspecified atom stereocenters. The second kappa shape index (κ2) is 9.75. The Morgan fingerprint density at radius 2 is 1.83 bits per heavy atom. The van der Waals surface area contributed by atoms with E-state index < -0.39 is 0 Å². The average Bonchev–Trinajstić information content (AvgIpc) is 3.42. The Morgan fingerprint density at radius 3 is 2.58 bits per heavy atom. The van der Waals surface area contributed by atoms with Crippen molar-refractivity contribution >= 4 is 39.8 Å². The molecule has 180 valence electrons. The van der Waals surface area contributed by atoms with Crippen molar-refractivity contribution in [1.29, 1.82) is 0 Å². The molecule has 0 spiro atoms. The molecule has 0 atom stereocenters. The molecule has 5 rings (SSSR count). The molecular weight excluding hydrogens is 470 g/mol. The van der Waals surface area contributed by atoms with Crippen LogP contribution in [0.4, 0.5) is 11.4 Å². The molecule has 5 aromatic rings. The Hall–Kier alpha value is -4.30. The van der Waals surface area contributed by atoms with Crippen molar-refractivity contribution in [3.05, 3.63) is 110 Å². The molecule has 2 heterocycles. The monoisotopic (exact) mass is 495 g/mol. The molecule has 36 heavy (non-hydrogen) atoms. The molecule has 0 bridgehead atoms. The Morgan fingerprint density at radius 1 is 1.06 bits per heavy atom. The van der Waals surface area contributed by atoms with E-state index in [4.69, 9.17) is 10.1 Å². The first-order valence-corrected chi connectivity index (χ1v) is 12.5. The van der Waals surface area contributed by atoms with Gasteiger partial charge in [0.1, 0.15) is 0 Å². The zero-order chi connectivity index (χ0) is 25.2. The lowest BCUT2D eigenvalue weighted by Gasteiger charge is -2.05. The number of para-hydroxylation sites is 1. The van der Waals surface area contributed by atoms with Gasteiger partial charge in [0.2, 0.25) is 4.80 Å². The van der Waals surface area contributed by atoms with Crippen LogP contribution in [0.15, 0.2) is 88.3 Å². The lowest BCUT2D eigenvalue weighted by molar-refractivity contribution is -0.384. The fourth-order valence-electron chi connectivity index (χ4n) is 4.09. The number of hydrogen-bond acceptors (Lipinski definition) is 5. The number of aromatic amines is 1. The lowest BCUT2D eigenvalue weighted by Crippen LogP contribution is -2.11. The second-order valence-corrected chi connectivity index (χ2v) is 9.67. The van der Waals surface area contributed by atoms with Gasteiger partial charge in [0.05, 0.1) is 22.5 Å². The molecule has 0 aliphatic heterocycles. The Labute approximate surface area is 212 Å². The number of thiazole rings is 1. The maximum atomic E-state index is 11.4. The minimum Gasteiger partial charge on any atom is -0.358 e. The van der Waals surface area contributed by atoms with Crippen LogP contribution in [0.1, 0.15) is 36.6 Å².